The van der Waals surface area contributed by atoms with Crippen molar-refractivity contribution in [2.45, 2.75) is 44.7 Å². The van der Waals surface area contributed by atoms with E-state index in [0.717, 1.165) is 37.2 Å². The molecular formula is C24H29N3O3. The summed E-state index contributed by atoms with van der Waals surface area (Å²) in [6.45, 7) is 2.89. The number of methoxy groups -OCH3 is 1. The lowest BCUT2D eigenvalue weighted by Crippen LogP contribution is -2.52. The fourth-order valence-electron chi connectivity index (χ4n) is 4.58. The Morgan fingerprint density at radius 2 is 1.87 bits per heavy atom. The SMILES string of the molecule is COc1ccc([C@@H]2CCCCCN2[C@@H](C)C(=O)N2CC(=O)Nc3ccccc32)cc1. The van der Waals surface area contributed by atoms with Gasteiger partial charge in [-0.2, -0.15) is 0 Å². The van der Waals surface area contributed by atoms with Crippen molar-refractivity contribution in [2.75, 3.05) is 30.4 Å². The number of nitrogens with zero attached hydrogens (tertiary/aromatic N) is 2. The molecule has 0 radical (unpaired) electrons. The molecule has 0 unspecified atom stereocenters. The first-order valence-corrected chi connectivity index (χ1v) is 10.7. The summed E-state index contributed by atoms with van der Waals surface area (Å²) in [6.07, 6.45) is 4.39. The first-order chi connectivity index (χ1) is 14.6. The van der Waals surface area contributed by atoms with E-state index in [1.807, 2.05) is 43.3 Å². The zero-order valence-corrected chi connectivity index (χ0v) is 17.6. The third kappa shape index (κ3) is 4.05. The van der Waals surface area contributed by atoms with Crippen LogP contribution in [0.2, 0.25) is 0 Å². The summed E-state index contributed by atoms with van der Waals surface area (Å²) >= 11 is 0. The molecule has 4 rings (SSSR count). The van der Waals surface area contributed by atoms with Crippen molar-refractivity contribution in [1.29, 1.82) is 0 Å². The minimum atomic E-state index is -0.325. The Kier molecular flexibility index (Phi) is 6.04. The molecule has 2 aromatic rings. The maximum atomic E-state index is 13.6. The van der Waals surface area contributed by atoms with Crippen LogP contribution in [0.25, 0.3) is 0 Å². The first kappa shape index (κ1) is 20.4. The Balaban J connectivity index is 1.61. The van der Waals surface area contributed by atoms with Gasteiger partial charge in [0.05, 0.1) is 24.5 Å². The maximum Gasteiger partial charge on any atom is 0.244 e. The van der Waals surface area contributed by atoms with Crippen LogP contribution in [0.3, 0.4) is 0 Å². The predicted octanol–water partition coefficient (Wildman–Crippen LogP) is 3.99. The van der Waals surface area contributed by atoms with Gasteiger partial charge in [0.25, 0.3) is 0 Å². The Morgan fingerprint density at radius 1 is 1.10 bits per heavy atom. The molecule has 30 heavy (non-hydrogen) atoms. The Morgan fingerprint density at radius 3 is 2.63 bits per heavy atom. The summed E-state index contributed by atoms with van der Waals surface area (Å²) in [5.74, 6) is 0.647. The van der Waals surface area contributed by atoms with Gasteiger partial charge in [-0.1, -0.05) is 37.1 Å². The highest BCUT2D eigenvalue weighted by molar-refractivity contribution is 6.11. The summed E-state index contributed by atoms with van der Waals surface area (Å²) in [6, 6.07) is 15.5. The van der Waals surface area contributed by atoms with E-state index in [2.05, 4.69) is 22.3 Å². The van der Waals surface area contributed by atoms with Gasteiger partial charge in [-0.15, -0.1) is 0 Å². The van der Waals surface area contributed by atoms with E-state index in [-0.39, 0.29) is 30.4 Å². The molecule has 158 valence electrons. The molecular weight excluding hydrogens is 378 g/mol. The summed E-state index contributed by atoms with van der Waals surface area (Å²) in [7, 11) is 1.67. The molecule has 0 saturated carbocycles. The maximum absolute atomic E-state index is 13.6. The first-order valence-electron chi connectivity index (χ1n) is 10.7. The van der Waals surface area contributed by atoms with Crippen molar-refractivity contribution in [3.8, 4) is 5.75 Å². The minimum Gasteiger partial charge on any atom is -0.497 e. The highest BCUT2D eigenvalue weighted by Crippen LogP contribution is 2.35. The molecule has 0 spiro atoms. The minimum absolute atomic E-state index is 0.0299. The molecule has 6 heteroatoms. The molecule has 1 N–H and O–H groups in total. The third-order valence-corrected chi connectivity index (χ3v) is 6.19. The number of hydrogen-bond donors (Lipinski definition) is 1. The van der Waals surface area contributed by atoms with E-state index in [9.17, 15) is 9.59 Å². The molecule has 0 bridgehead atoms. The van der Waals surface area contributed by atoms with E-state index in [1.54, 1.807) is 12.0 Å². The number of hydrogen-bond acceptors (Lipinski definition) is 4. The van der Waals surface area contributed by atoms with Gasteiger partial charge < -0.3 is 10.1 Å². The second-order valence-electron chi connectivity index (χ2n) is 8.04. The van der Waals surface area contributed by atoms with Crippen LogP contribution in [0, 0.1) is 0 Å². The van der Waals surface area contributed by atoms with Crippen molar-refractivity contribution in [2.24, 2.45) is 0 Å². The Hall–Kier alpha value is -2.86. The van der Waals surface area contributed by atoms with Crippen LogP contribution in [-0.2, 0) is 9.59 Å². The van der Waals surface area contributed by atoms with E-state index < -0.39 is 0 Å². The van der Waals surface area contributed by atoms with Gasteiger partial charge in [-0.05, 0) is 56.1 Å². The van der Waals surface area contributed by atoms with Gasteiger partial charge in [0.15, 0.2) is 0 Å². The number of nitrogens with one attached hydrogen (secondary N) is 1. The topological polar surface area (TPSA) is 61.9 Å². The fraction of sp³-hybridized carbons (Fsp3) is 0.417. The molecule has 2 aromatic carbocycles. The lowest BCUT2D eigenvalue weighted by atomic mass is 9.99. The molecule has 2 aliphatic heterocycles. The summed E-state index contributed by atoms with van der Waals surface area (Å²) in [5, 5.41) is 2.86. The zero-order chi connectivity index (χ0) is 21.1. The number of fused-ring (bicyclic) bond motifs is 1. The van der Waals surface area contributed by atoms with Crippen LogP contribution in [-0.4, -0.2) is 43.0 Å². The average molecular weight is 408 g/mol. The lowest BCUT2D eigenvalue weighted by Gasteiger charge is -2.38. The van der Waals surface area contributed by atoms with Crippen LogP contribution in [0.4, 0.5) is 11.4 Å². The number of carbonyl (C=O) groups is 2. The molecule has 6 nitrogen and oxygen atoms in total. The van der Waals surface area contributed by atoms with Gasteiger partial charge in [0.2, 0.25) is 11.8 Å². The molecule has 1 saturated heterocycles. The number of ether oxygens (including phenoxy) is 1. The van der Waals surface area contributed by atoms with Crippen molar-refractivity contribution >= 4 is 23.2 Å². The predicted molar refractivity (Wildman–Crippen MR) is 118 cm³/mol. The van der Waals surface area contributed by atoms with Crippen LogP contribution in [0.15, 0.2) is 48.5 Å². The number of anilines is 2. The van der Waals surface area contributed by atoms with Crippen LogP contribution in [0.1, 0.15) is 44.2 Å². The van der Waals surface area contributed by atoms with Crippen LogP contribution >= 0.6 is 0 Å². The second-order valence-corrected chi connectivity index (χ2v) is 8.04. The number of carbonyl (C=O) groups excluding carboxylic acids is 2. The Bertz CT molecular complexity index is 912. The van der Waals surface area contributed by atoms with Crippen molar-refractivity contribution in [1.82, 2.24) is 4.90 Å². The van der Waals surface area contributed by atoms with Gasteiger partial charge in [-0.3, -0.25) is 19.4 Å². The van der Waals surface area contributed by atoms with Crippen LogP contribution in [0.5, 0.6) is 5.75 Å². The summed E-state index contributed by atoms with van der Waals surface area (Å²) in [5.41, 5.74) is 2.66. The van der Waals surface area contributed by atoms with E-state index in [4.69, 9.17) is 4.74 Å². The average Bonchev–Trinajstić information content (AvgIpc) is 3.03. The van der Waals surface area contributed by atoms with E-state index in [0.29, 0.717) is 5.69 Å². The second kappa shape index (κ2) is 8.88. The van der Waals surface area contributed by atoms with E-state index >= 15 is 0 Å². The number of likely N-dealkylation sites (tertiary alicyclic amines) is 1. The molecule has 0 aliphatic carbocycles. The van der Waals surface area contributed by atoms with Gasteiger partial charge in [0.1, 0.15) is 12.3 Å². The largest absolute Gasteiger partial charge is 0.497 e. The summed E-state index contributed by atoms with van der Waals surface area (Å²) in [4.78, 5) is 29.7. The van der Waals surface area contributed by atoms with Gasteiger partial charge in [0, 0.05) is 6.04 Å². The molecule has 2 heterocycles. The normalized spacial score (nSPS) is 20.7. The van der Waals surface area contributed by atoms with Crippen molar-refractivity contribution in [3.63, 3.8) is 0 Å². The quantitative estimate of drug-likeness (QED) is 0.833. The number of para-hydroxylation sites is 2. The monoisotopic (exact) mass is 407 g/mol. The van der Waals surface area contributed by atoms with Crippen LogP contribution < -0.4 is 15.0 Å². The van der Waals surface area contributed by atoms with E-state index in [1.165, 1.54) is 12.0 Å². The lowest BCUT2D eigenvalue weighted by molar-refractivity contribution is -0.126. The molecule has 2 amide bonds. The zero-order valence-electron chi connectivity index (χ0n) is 17.6. The number of benzene rings is 2. The highest BCUT2D eigenvalue weighted by Gasteiger charge is 2.35. The van der Waals surface area contributed by atoms with Crippen molar-refractivity contribution in [3.05, 3.63) is 54.1 Å². The van der Waals surface area contributed by atoms with Gasteiger partial charge in [-0.25, -0.2) is 0 Å². The Labute approximate surface area is 177 Å². The molecule has 1 fully saturated rings. The smallest absolute Gasteiger partial charge is 0.244 e. The van der Waals surface area contributed by atoms with Crippen molar-refractivity contribution < 1.29 is 14.3 Å². The molecule has 0 aromatic heterocycles. The standard InChI is InChI=1S/C24H29N3O3/c1-17(24(29)27-16-23(28)25-20-8-5-6-10-22(20)27)26-15-7-3-4-9-21(26)18-11-13-19(30-2)14-12-18/h5-6,8,10-14,17,21H,3-4,7,9,15-16H2,1-2H3,(H,25,28)/t17-,21-/m0/s1. The van der Waals surface area contributed by atoms with Gasteiger partial charge >= 0.3 is 0 Å². The number of amides is 2. The number of rotatable bonds is 4. The third-order valence-electron chi connectivity index (χ3n) is 6.19. The molecule has 2 aliphatic rings. The molecule has 2 atom stereocenters. The fourth-order valence-corrected chi connectivity index (χ4v) is 4.58. The highest BCUT2D eigenvalue weighted by atomic mass is 16.5. The summed E-state index contributed by atoms with van der Waals surface area (Å²) < 4.78 is 5.30.